The van der Waals surface area contributed by atoms with E-state index in [-0.39, 0.29) is 11.7 Å². The fourth-order valence-electron chi connectivity index (χ4n) is 2.74. The molecule has 3 amide bonds. The average Bonchev–Trinajstić information content (AvgIpc) is 3.40. The first-order chi connectivity index (χ1) is 14.7. The molecule has 0 atom stereocenters. The van der Waals surface area contributed by atoms with Gasteiger partial charge in [-0.3, -0.25) is 10.1 Å². The lowest BCUT2D eigenvalue weighted by atomic mass is 10.1. The highest BCUT2D eigenvalue weighted by Crippen LogP contribution is 2.21. The molecule has 0 bridgehead atoms. The minimum atomic E-state index is -0.538. The van der Waals surface area contributed by atoms with Gasteiger partial charge in [0.25, 0.3) is 0 Å². The number of aryl methyl sites for hydroxylation is 1. The fraction of sp³-hybridized carbons (Fsp3) is 0.238. The van der Waals surface area contributed by atoms with Crippen LogP contribution in [0, 0.1) is 0 Å². The van der Waals surface area contributed by atoms with Crippen LogP contribution in [0.3, 0.4) is 0 Å². The summed E-state index contributed by atoms with van der Waals surface area (Å²) in [4.78, 5) is 24.9. The number of thioether (sulfide) groups is 1. The lowest BCUT2D eigenvalue weighted by Gasteiger charge is -2.10. The van der Waals surface area contributed by atoms with Gasteiger partial charge in [0.05, 0.1) is 5.75 Å². The molecule has 0 aliphatic heterocycles. The Hall–Kier alpha value is -2.91. The maximum Gasteiger partial charge on any atom is 0.321 e. The van der Waals surface area contributed by atoms with Crippen LogP contribution in [0.5, 0.6) is 0 Å². The highest BCUT2D eigenvalue weighted by atomic mass is 32.2. The number of carbonyl (C=O) groups excluding carboxylic acids is 2. The topological polar surface area (TPSA) is 88.9 Å². The SMILES string of the molecule is C=CCNC(=O)NC(=O)CSc1nnc(Cc2cccs2)n1CCc1ccccc1. The largest absolute Gasteiger partial charge is 0.334 e. The Morgan fingerprint density at radius 3 is 2.73 bits per heavy atom. The molecule has 30 heavy (non-hydrogen) atoms. The first-order valence-corrected chi connectivity index (χ1v) is 11.3. The molecule has 7 nitrogen and oxygen atoms in total. The summed E-state index contributed by atoms with van der Waals surface area (Å²) in [5.74, 6) is 0.545. The third kappa shape index (κ3) is 6.57. The Morgan fingerprint density at radius 1 is 1.17 bits per heavy atom. The molecule has 0 saturated carbocycles. The van der Waals surface area contributed by atoms with Gasteiger partial charge in [-0.2, -0.15) is 0 Å². The smallest absolute Gasteiger partial charge is 0.321 e. The van der Waals surface area contributed by atoms with Crippen molar-refractivity contribution >= 4 is 35.0 Å². The van der Waals surface area contributed by atoms with Crippen molar-refractivity contribution in [2.24, 2.45) is 0 Å². The molecule has 156 valence electrons. The first-order valence-electron chi connectivity index (χ1n) is 9.45. The standard InChI is InChI=1S/C21H23N5O2S2/c1-2-11-22-20(28)23-19(27)15-30-21-25-24-18(14-17-9-6-13-29-17)26(21)12-10-16-7-4-3-5-8-16/h2-9,13H,1,10-12,14-15H2,(H2,22,23,27,28). The number of rotatable bonds is 10. The van der Waals surface area contributed by atoms with Gasteiger partial charge in [0, 0.05) is 24.4 Å². The van der Waals surface area contributed by atoms with Gasteiger partial charge in [-0.05, 0) is 23.4 Å². The van der Waals surface area contributed by atoms with Crippen LogP contribution in [0.1, 0.15) is 16.3 Å². The Balaban J connectivity index is 1.66. The lowest BCUT2D eigenvalue weighted by molar-refractivity contribution is -0.117. The van der Waals surface area contributed by atoms with Gasteiger partial charge in [0.1, 0.15) is 5.82 Å². The van der Waals surface area contributed by atoms with Crippen LogP contribution in [0.4, 0.5) is 4.79 Å². The summed E-state index contributed by atoms with van der Waals surface area (Å²) < 4.78 is 2.06. The molecular formula is C21H23N5O2S2. The Morgan fingerprint density at radius 2 is 2.00 bits per heavy atom. The molecule has 3 rings (SSSR count). The molecule has 0 unspecified atom stereocenters. The summed E-state index contributed by atoms with van der Waals surface area (Å²) in [6, 6.07) is 13.8. The number of urea groups is 1. The Kier molecular flexibility index (Phi) is 8.22. The second kappa shape index (κ2) is 11.3. The second-order valence-electron chi connectivity index (χ2n) is 6.38. The van der Waals surface area contributed by atoms with Crippen molar-refractivity contribution in [2.45, 2.75) is 24.5 Å². The molecule has 0 aliphatic rings. The van der Waals surface area contributed by atoms with E-state index in [9.17, 15) is 9.59 Å². The number of carbonyl (C=O) groups is 2. The van der Waals surface area contributed by atoms with Gasteiger partial charge in [0.15, 0.2) is 5.16 Å². The second-order valence-corrected chi connectivity index (χ2v) is 8.35. The predicted molar refractivity (Wildman–Crippen MR) is 120 cm³/mol. The van der Waals surface area contributed by atoms with Crippen LogP contribution in [-0.2, 0) is 24.2 Å². The molecule has 0 spiro atoms. The number of nitrogens with zero attached hydrogens (tertiary/aromatic N) is 3. The van der Waals surface area contributed by atoms with Crippen LogP contribution < -0.4 is 10.6 Å². The zero-order valence-corrected chi connectivity index (χ0v) is 18.0. The van der Waals surface area contributed by atoms with Crippen molar-refractivity contribution in [2.75, 3.05) is 12.3 Å². The maximum atomic E-state index is 12.1. The molecule has 0 fully saturated rings. The molecule has 0 aliphatic carbocycles. The zero-order chi connectivity index (χ0) is 21.2. The van der Waals surface area contributed by atoms with Crippen LogP contribution in [0.25, 0.3) is 0 Å². The third-order valence-electron chi connectivity index (χ3n) is 4.17. The van der Waals surface area contributed by atoms with E-state index >= 15 is 0 Å². The van der Waals surface area contributed by atoms with E-state index in [0.29, 0.717) is 24.7 Å². The van der Waals surface area contributed by atoms with E-state index in [2.05, 4.69) is 50.2 Å². The van der Waals surface area contributed by atoms with Gasteiger partial charge in [-0.1, -0.05) is 54.2 Å². The minimum absolute atomic E-state index is 0.0734. The van der Waals surface area contributed by atoms with E-state index in [4.69, 9.17) is 0 Å². The summed E-state index contributed by atoms with van der Waals surface area (Å²) in [5.41, 5.74) is 1.22. The predicted octanol–water partition coefficient (Wildman–Crippen LogP) is 3.28. The van der Waals surface area contributed by atoms with Crippen LogP contribution >= 0.6 is 23.1 Å². The third-order valence-corrected chi connectivity index (χ3v) is 6.01. The molecule has 3 aromatic rings. The number of imide groups is 1. The van der Waals surface area contributed by atoms with Gasteiger partial charge in [0.2, 0.25) is 5.91 Å². The zero-order valence-electron chi connectivity index (χ0n) is 16.4. The van der Waals surface area contributed by atoms with E-state index in [1.807, 2.05) is 29.6 Å². The number of hydrogen-bond acceptors (Lipinski definition) is 6. The summed E-state index contributed by atoms with van der Waals surface area (Å²) in [7, 11) is 0. The number of amides is 3. The summed E-state index contributed by atoms with van der Waals surface area (Å²) in [5, 5.41) is 16.2. The van der Waals surface area contributed by atoms with Crippen molar-refractivity contribution in [1.82, 2.24) is 25.4 Å². The summed E-state index contributed by atoms with van der Waals surface area (Å²) in [6.07, 6.45) is 3.07. The van der Waals surface area contributed by atoms with Crippen molar-refractivity contribution in [3.8, 4) is 0 Å². The van der Waals surface area contributed by atoms with Gasteiger partial charge in [-0.25, -0.2) is 4.79 Å². The number of aromatic nitrogens is 3. The van der Waals surface area contributed by atoms with E-state index in [1.54, 1.807) is 17.4 Å². The van der Waals surface area contributed by atoms with E-state index < -0.39 is 6.03 Å². The van der Waals surface area contributed by atoms with Crippen molar-refractivity contribution in [3.05, 3.63) is 76.8 Å². The molecule has 2 N–H and O–H groups in total. The molecule has 2 aromatic heterocycles. The summed E-state index contributed by atoms with van der Waals surface area (Å²) in [6.45, 7) is 4.52. The molecule has 0 radical (unpaired) electrons. The number of benzene rings is 1. The van der Waals surface area contributed by atoms with Crippen LogP contribution in [0.2, 0.25) is 0 Å². The highest BCUT2D eigenvalue weighted by Gasteiger charge is 2.16. The summed E-state index contributed by atoms with van der Waals surface area (Å²) >= 11 is 2.95. The van der Waals surface area contributed by atoms with Crippen LogP contribution in [0.15, 0.2) is 65.7 Å². The molecular weight excluding hydrogens is 418 g/mol. The van der Waals surface area contributed by atoms with E-state index in [0.717, 1.165) is 12.2 Å². The Labute approximate surface area is 183 Å². The van der Waals surface area contributed by atoms with Crippen molar-refractivity contribution < 1.29 is 9.59 Å². The van der Waals surface area contributed by atoms with Gasteiger partial charge in [-0.15, -0.1) is 28.1 Å². The van der Waals surface area contributed by atoms with Crippen molar-refractivity contribution in [3.63, 3.8) is 0 Å². The molecule has 1 aromatic carbocycles. The van der Waals surface area contributed by atoms with Gasteiger partial charge >= 0.3 is 6.03 Å². The number of thiophene rings is 1. The minimum Gasteiger partial charge on any atom is -0.334 e. The molecule has 9 heteroatoms. The fourth-order valence-corrected chi connectivity index (χ4v) is 4.22. The number of nitrogens with one attached hydrogen (secondary N) is 2. The first kappa shape index (κ1) is 21.8. The van der Waals surface area contributed by atoms with Crippen LogP contribution in [-0.4, -0.2) is 39.0 Å². The van der Waals surface area contributed by atoms with Crippen molar-refractivity contribution in [1.29, 1.82) is 0 Å². The lowest BCUT2D eigenvalue weighted by Crippen LogP contribution is -2.40. The molecule has 0 saturated heterocycles. The monoisotopic (exact) mass is 441 g/mol. The molecule has 2 heterocycles. The quantitative estimate of drug-likeness (QED) is 0.372. The van der Waals surface area contributed by atoms with E-state index in [1.165, 1.54) is 22.2 Å². The normalized spacial score (nSPS) is 10.5. The van der Waals surface area contributed by atoms with Gasteiger partial charge < -0.3 is 9.88 Å². The average molecular weight is 442 g/mol. The number of hydrogen-bond donors (Lipinski definition) is 2. The Bertz CT molecular complexity index is 971. The maximum absolute atomic E-state index is 12.1. The highest BCUT2D eigenvalue weighted by molar-refractivity contribution is 7.99.